The molecule has 0 aliphatic heterocycles. The molecule has 1 aliphatic carbocycles. The molecule has 98 valence electrons. The molecule has 19 heavy (non-hydrogen) atoms. The first-order valence-electron chi connectivity index (χ1n) is 6.11. The molecule has 2 aromatic rings. The van der Waals surface area contributed by atoms with Crippen LogP contribution in [0.3, 0.4) is 0 Å². The van der Waals surface area contributed by atoms with Crippen molar-refractivity contribution < 1.29 is 0 Å². The van der Waals surface area contributed by atoms with E-state index in [1.807, 2.05) is 0 Å². The van der Waals surface area contributed by atoms with Gasteiger partial charge in [-0.2, -0.15) is 0 Å². The summed E-state index contributed by atoms with van der Waals surface area (Å²) in [4.78, 5) is 0. The van der Waals surface area contributed by atoms with Crippen molar-refractivity contribution in [3.63, 3.8) is 0 Å². The zero-order valence-electron chi connectivity index (χ0n) is 10.1. The molecule has 0 unspecified atom stereocenters. The maximum absolute atomic E-state index is 6.19. The second-order valence-electron chi connectivity index (χ2n) is 4.76. The van der Waals surface area contributed by atoms with E-state index < -0.39 is 0 Å². The minimum atomic E-state index is 0.354. The molecule has 0 bridgehead atoms. The number of fused-ring (bicyclic) bond motifs is 1. The third kappa shape index (κ3) is 2.69. The number of halogens is 3. The van der Waals surface area contributed by atoms with Crippen LogP contribution in [0.2, 0.25) is 15.1 Å². The average Bonchev–Trinajstić information content (AvgIpc) is 2.78. The van der Waals surface area contributed by atoms with Crippen LogP contribution in [0.5, 0.6) is 0 Å². The number of benzene rings is 2. The number of nitrogens with one attached hydrogen (secondary N) is 1. The first-order valence-corrected chi connectivity index (χ1v) is 7.25. The minimum Gasteiger partial charge on any atom is -0.380 e. The van der Waals surface area contributed by atoms with Crippen LogP contribution < -0.4 is 5.32 Å². The van der Waals surface area contributed by atoms with Crippen molar-refractivity contribution in [2.45, 2.75) is 18.9 Å². The molecule has 2 aromatic carbocycles. The van der Waals surface area contributed by atoms with Gasteiger partial charge in [-0.3, -0.25) is 0 Å². The molecule has 0 fully saturated rings. The Morgan fingerprint density at radius 2 is 1.42 bits per heavy atom. The van der Waals surface area contributed by atoms with Gasteiger partial charge in [-0.05, 0) is 36.1 Å². The Balaban J connectivity index is 1.79. The lowest BCUT2D eigenvalue weighted by atomic mass is 10.1. The van der Waals surface area contributed by atoms with E-state index in [4.69, 9.17) is 34.8 Å². The van der Waals surface area contributed by atoms with E-state index in [0.717, 1.165) is 18.5 Å². The van der Waals surface area contributed by atoms with Gasteiger partial charge in [-0.25, -0.2) is 0 Å². The van der Waals surface area contributed by atoms with Crippen LogP contribution in [0.1, 0.15) is 11.1 Å². The highest BCUT2D eigenvalue weighted by Crippen LogP contribution is 2.34. The summed E-state index contributed by atoms with van der Waals surface area (Å²) < 4.78 is 0. The summed E-state index contributed by atoms with van der Waals surface area (Å²) >= 11 is 18.1. The summed E-state index contributed by atoms with van der Waals surface area (Å²) in [6.45, 7) is 0. The quantitative estimate of drug-likeness (QED) is 0.749. The summed E-state index contributed by atoms with van der Waals surface area (Å²) in [5, 5.41) is 5.05. The van der Waals surface area contributed by atoms with Crippen LogP contribution in [-0.4, -0.2) is 6.04 Å². The van der Waals surface area contributed by atoms with Crippen molar-refractivity contribution >= 4 is 40.5 Å². The van der Waals surface area contributed by atoms with Gasteiger partial charge in [-0.15, -0.1) is 0 Å². The summed E-state index contributed by atoms with van der Waals surface area (Å²) in [5.41, 5.74) is 3.64. The Morgan fingerprint density at radius 1 is 0.842 bits per heavy atom. The molecule has 0 heterocycles. The number of hydrogen-bond acceptors (Lipinski definition) is 1. The van der Waals surface area contributed by atoms with Gasteiger partial charge in [0.05, 0.1) is 20.8 Å². The molecular weight excluding hydrogens is 301 g/mol. The van der Waals surface area contributed by atoms with Gasteiger partial charge in [0.1, 0.15) is 0 Å². The summed E-state index contributed by atoms with van der Waals surface area (Å²) in [7, 11) is 0. The lowest BCUT2D eigenvalue weighted by Gasteiger charge is -2.15. The fraction of sp³-hybridized carbons (Fsp3) is 0.200. The maximum atomic E-state index is 6.19. The average molecular weight is 313 g/mol. The zero-order valence-corrected chi connectivity index (χ0v) is 12.4. The monoisotopic (exact) mass is 311 g/mol. The Bertz CT molecular complexity index is 600. The molecule has 1 aliphatic rings. The van der Waals surface area contributed by atoms with E-state index in [1.165, 1.54) is 11.1 Å². The molecule has 0 radical (unpaired) electrons. The van der Waals surface area contributed by atoms with Gasteiger partial charge < -0.3 is 5.32 Å². The second-order valence-corrected chi connectivity index (χ2v) is 5.99. The number of anilines is 1. The number of hydrogen-bond donors (Lipinski definition) is 1. The molecule has 0 spiro atoms. The molecule has 0 atom stereocenters. The molecule has 0 saturated heterocycles. The van der Waals surface area contributed by atoms with E-state index in [0.29, 0.717) is 21.1 Å². The largest absolute Gasteiger partial charge is 0.380 e. The highest BCUT2D eigenvalue weighted by atomic mass is 35.5. The molecule has 0 amide bonds. The normalized spacial score (nSPS) is 14.5. The summed E-state index contributed by atoms with van der Waals surface area (Å²) in [6.07, 6.45) is 2.01. The Kier molecular flexibility index (Phi) is 3.62. The Morgan fingerprint density at radius 3 is 2.05 bits per heavy atom. The van der Waals surface area contributed by atoms with E-state index in [-0.39, 0.29) is 0 Å². The van der Waals surface area contributed by atoms with E-state index in [2.05, 4.69) is 29.6 Å². The molecule has 1 N–H and O–H groups in total. The second kappa shape index (κ2) is 5.24. The maximum Gasteiger partial charge on any atom is 0.0653 e. The number of rotatable bonds is 2. The predicted octanol–water partition coefficient (Wildman–Crippen LogP) is 5.23. The Labute approximate surface area is 127 Å². The minimum absolute atomic E-state index is 0.354. The van der Waals surface area contributed by atoms with Crippen molar-refractivity contribution in [1.82, 2.24) is 0 Å². The standard InChI is InChI=1S/C15H12Cl3N/c16-12-7-14(18)15(8-13(12)17)19-11-5-9-3-1-2-4-10(9)6-11/h1-4,7-8,11,19H,5-6H2. The van der Waals surface area contributed by atoms with E-state index in [9.17, 15) is 0 Å². The van der Waals surface area contributed by atoms with Crippen LogP contribution >= 0.6 is 34.8 Å². The molecule has 1 nitrogen and oxygen atoms in total. The van der Waals surface area contributed by atoms with Crippen LogP contribution in [0.25, 0.3) is 0 Å². The molecule has 4 heteroatoms. The van der Waals surface area contributed by atoms with Gasteiger partial charge in [0.2, 0.25) is 0 Å². The van der Waals surface area contributed by atoms with Gasteiger partial charge in [0.15, 0.2) is 0 Å². The zero-order chi connectivity index (χ0) is 13.4. The van der Waals surface area contributed by atoms with Crippen molar-refractivity contribution in [3.05, 3.63) is 62.6 Å². The highest BCUT2D eigenvalue weighted by Gasteiger charge is 2.21. The van der Waals surface area contributed by atoms with Crippen molar-refractivity contribution in [3.8, 4) is 0 Å². The fourth-order valence-electron chi connectivity index (χ4n) is 2.51. The summed E-state index contributed by atoms with van der Waals surface area (Å²) in [6, 6.07) is 12.3. The summed E-state index contributed by atoms with van der Waals surface area (Å²) in [5.74, 6) is 0. The van der Waals surface area contributed by atoms with Crippen LogP contribution in [-0.2, 0) is 12.8 Å². The smallest absolute Gasteiger partial charge is 0.0653 e. The van der Waals surface area contributed by atoms with Gasteiger partial charge in [0, 0.05) is 6.04 Å². The first-order chi connectivity index (χ1) is 9.13. The van der Waals surface area contributed by atoms with Crippen molar-refractivity contribution in [2.24, 2.45) is 0 Å². The third-order valence-electron chi connectivity index (χ3n) is 3.42. The lowest BCUT2D eigenvalue weighted by molar-refractivity contribution is 0.774. The van der Waals surface area contributed by atoms with Crippen LogP contribution in [0, 0.1) is 0 Å². The Hall–Kier alpha value is -0.890. The fourth-order valence-corrected chi connectivity index (χ4v) is 3.12. The van der Waals surface area contributed by atoms with E-state index in [1.54, 1.807) is 12.1 Å². The van der Waals surface area contributed by atoms with Gasteiger partial charge in [-0.1, -0.05) is 59.1 Å². The topological polar surface area (TPSA) is 12.0 Å². The van der Waals surface area contributed by atoms with Crippen LogP contribution in [0.15, 0.2) is 36.4 Å². The molecule has 0 saturated carbocycles. The van der Waals surface area contributed by atoms with Crippen LogP contribution in [0.4, 0.5) is 5.69 Å². The van der Waals surface area contributed by atoms with Crippen molar-refractivity contribution in [2.75, 3.05) is 5.32 Å². The highest BCUT2D eigenvalue weighted by molar-refractivity contribution is 6.44. The van der Waals surface area contributed by atoms with Crippen molar-refractivity contribution in [1.29, 1.82) is 0 Å². The van der Waals surface area contributed by atoms with E-state index >= 15 is 0 Å². The molecule has 0 aromatic heterocycles. The third-order valence-corrected chi connectivity index (χ3v) is 4.46. The molecule has 3 rings (SSSR count). The predicted molar refractivity (Wildman–Crippen MR) is 82.7 cm³/mol. The SMILES string of the molecule is Clc1cc(Cl)c(NC2Cc3ccccc3C2)cc1Cl. The molecular formula is C15H12Cl3N. The van der Waals surface area contributed by atoms with Gasteiger partial charge >= 0.3 is 0 Å². The van der Waals surface area contributed by atoms with Gasteiger partial charge in [0.25, 0.3) is 0 Å². The lowest BCUT2D eigenvalue weighted by Crippen LogP contribution is -2.19. The first kappa shape index (κ1) is 13.1.